The summed E-state index contributed by atoms with van der Waals surface area (Å²) in [6.07, 6.45) is 3.92. The summed E-state index contributed by atoms with van der Waals surface area (Å²) in [5.74, 6) is 0. The number of allylic oxidation sites excluding steroid dienone is 1. The summed E-state index contributed by atoms with van der Waals surface area (Å²) in [6.45, 7) is 5.22. The zero-order valence-corrected chi connectivity index (χ0v) is 6.13. The van der Waals surface area contributed by atoms with Crippen molar-refractivity contribution < 1.29 is 4.74 Å². The fourth-order valence-corrected chi connectivity index (χ4v) is 0.418. The van der Waals surface area contributed by atoms with E-state index >= 15 is 0 Å². The highest BCUT2D eigenvalue weighted by Gasteiger charge is 1.89. The topological polar surface area (TPSA) is 35.2 Å². The number of hydrogen-bond donors (Lipinski definition) is 1. The molecule has 0 heterocycles. The Bertz CT molecular complexity index is 79.0. The van der Waals surface area contributed by atoms with Crippen molar-refractivity contribution in [1.29, 1.82) is 0 Å². The molecule has 0 saturated heterocycles. The summed E-state index contributed by atoms with van der Waals surface area (Å²) in [4.78, 5) is 0. The van der Waals surface area contributed by atoms with E-state index in [-0.39, 0.29) is 6.04 Å². The van der Waals surface area contributed by atoms with E-state index < -0.39 is 0 Å². The Hall–Kier alpha value is -0.340. The Balaban J connectivity index is 2.91. The monoisotopic (exact) mass is 129 g/mol. The van der Waals surface area contributed by atoms with Crippen LogP contribution in [0, 0.1) is 0 Å². The van der Waals surface area contributed by atoms with Gasteiger partial charge in [-0.3, -0.25) is 0 Å². The van der Waals surface area contributed by atoms with Gasteiger partial charge in [-0.15, -0.1) is 0 Å². The molecule has 0 aliphatic carbocycles. The van der Waals surface area contributed by atoms with Crippen LogP contribution < -0.4 is 5.73 Å². The van der Waals surface area contributed by atoms with Gasteiger partial charge in [-0.05, 0) is 13.8 Å². The molecule has 0 bridgehead atoms. The molecule has 0 amide bonds. The van der Waals surface area contributed by atoms with Gasteiger partial charge in [0.25, 0.3) is 0 Å². The molecule has 2 heteroatoms. The normalized spacial score (nSPS) is 14.6. The van der Waals surface area contributed by atoms with E-state index in [0.717, 1.165) is 0 Å². The molecule has 0 aromatic rings. The molecule has 0 aliphatic heterocycles. The van der Waals surface area contributed by atoms with Crippen molar-refractivity contribution in [3.63, 3.8) is 0 Å². The first-order chi connectivity index (χ1) is 4.27. The average Bonchev–Trinajstić information content (AvgIpc) is 1.80. The van der Waals surface area contributed by atoms with Crippen molar-refractivity contribution in [1.82, 2.24) is 0 Å². The fourth-order valence-electron chi connectivity index (χ4n) is 0.418. The van der Waals surface area contributed by atoms with Crippen molar-refractivity contribution >= 4 is 0 Å². The van der Waals surface area contributed by atoms with E-state index in [4.69, 9.17) is 10.5 Å². The third kappa shape index (κ3) is 7.66. The molecule has 0 saturated carbocycles. The predicted molar refractivity (Wildman–Crippen MR) is 39.3 cm³/mol. The van der Waals surface area contributed by atoms with Crippen LogP contribution in [0.5, 0.6) is 0 Å². The smallest absolute Gasteiger partial charge is 0.0648 e. The van der Waals surface area contributed by atoms with Crippen LogP contribution in [0.4, 0.5) is 0 Å². The second kappa shape index (κ2) is 5.79. The first-order valence-electron chi connectivity index (χ1n) is 3.22. The first-order valence-corrected chi connectivity index (χ1v) is 3.22. The molecule has 0 aliphatic rings. The quantitative estimate of drug-likeness (QED) is 0.452. The van der Waals surface area contributed by atoms with Crippen LogP contribution in [0.1, 0.15) is 13.8 Å². The minimum absolute atomic E-state index is 0.148. The van der Waals surface area contributed by atoms with Crippen molar-refractivity contribution in [2.75, 3.05) is 13.2 Å². The van der Waals surface area contributed by atoms with Gasteiger partial charge < -0.3 is 10.5 Å². The maximum atomic E-state index is 5.43. The van der Waals surface area contributed by atoms with E-state index in [9.17, 15) is 0 Å². The maximum Gasteiger partial charge on any atom is 0.0648 e. The SMILES string of the molecule is C/C=C/COCC(C)N. The average molecular weight is 129 g/mol. The summed E-state index contributed by atoms with van der Waals surface area (Å²) in [5, 5.41) is 0. The van der Waals surface area contributed by atoms with Crippen LogP contribution in [0.2, 0.25) is 0 Å². The van der Waals surface area contributed by atoms with E-state index in [0.29, 0.717) is 13.2 Å². The summed E-state index contributed by atoms with van der Waals surface area (Å²) in [6, 6.07) is 0.148. The van der Waals surface area contributed by atoms with Gasteiger partial charge in [0.05, 0.1) is 13.2 Å². The molecule has 1 unspecified atom stereocenters. The van der Waals surface area contributed by atoms with Gasteiger partial charge in [-0.25, -0.2) is 0 Å². The van der Waals surface area contributed by atoms with Gasteiger partial charge in [0.15, 0.2) is 0 Å². The lowest BCUT2D eigenvalue weighted by Crippen LogP contribution is -2.21. The zero-order valence-electron chi connectivity index (χ0n) is 6.13. The summed E-state index contributed by atoms with van der Waals surface area (Å²) >= 11 is 0. The van der Waals surface area contributed by atoms with Gasteiger partial charge in [0, 0.05) is 6.04 Å². The van der Waals surface area contributed by atoms with Crippen molar-refractivity contribution in [2.24, 2.45) is 5.73 Å². The first kappa shape index (κ1) is 8.66. The molecule has 0 rings (SSSR count). The summed E-state index contributed by atoms with van der Waals surface area (Å²) in [7, 11) is 0. The van der Waals surface area contributed by atoms with Crippen LogP contribution in [0.25, 0.3) is 0 Å². The lowest BCUT2D eigenvalue weighted by molar-refractivity contribution is 0.151. The van der Waals surface area contributed by atoms with E-state index in [1.807, 2.05) is 26.0 Å². The molecular weight excluding hydrogens is 114 g/mol. The minimum Gasteiger partial charge on any atom is -0.376 e. The Morgan fingerprint density at radius 1 is 1.67 bits per heavy atom. The molecule has 54 valence electrons. The minimum atomic E-state index is 0.148. The van der Waals surface area contributed by atoms with E-state index in [1.54, 1.807) is 0 Å². The Labute approximate surface area is 56.7 Å². The third-order valence-electron chi connectivity index (χ3n) is 0.831. The van der Waals surface area contributed by atoms with Crippen LogP contribution in [0.3, 0.4) is 0 Å². The summed E-state index contributed by atoms with van der Waals surface area (Å²) in [5.41, 5.74) is 5.43. The molecule has 0 radical (unpaired) electrons. The Morgan fingerprint density at radius 2 is 2.33 bits per heavy atom. The fraction of sp³-hybridized carbons (Fsp3) is 0.714. The van der Waals surface area contributed by atoms with Crippen LogP contribution in [-0.2, 0) is 4.74 Å². The molecule has 0 fully saturated rings. The van der Waals surface area contributed by atoms with Gasteiger partial charge in [0.2, 0.25) is 0 Å². The molecule has 1 atom stereocenters. The second-order valence-corrected chi connectivity index (χ2v) is 2.08. The van der Waals surface area contributed by atoms with Gasteiger partial charge in [-0.1, -0.05) is 12.2 Å². The maximum absolute atomic E-state index is 5.43. The molecule has 0 aromatic heterocycles. The van der Waals surface area contributed by atoms with Crippen molar-refractivity contribution in [2.45, 2.75) is 19.9 Å². The zero-order chi connectivity index (χ0) is 7.11. The number of ether oxygens (including phenoxy) is 1. The third-order valence-corrected chi connectivity index (χ3v) is 0.831. The van der Waals surface area contributed by atoms with Crippen molar-refractivity contribution in [3.05, 3.63) is 12.2 Å². The second-order valence-electron chi connectivity index (χ2n) is 2.08. The number of rotatable bonds is 4. The Morgan fingerprint density at radius 3 is 2.78 bits per heavy atom. The van der Waals surface area contributed by atoms with E-state index in [2.05, 4.69) is 0 Å². The van der Waals surface area contributed by atoms with Gasteiger partial charge >= 0.3 is 0 Å². The molecule has 2 N–H and O–H groups in total. The highest BCUT2D eigenvalue weighted by atomic mass is 16.5. The number of nitrogens with two attached hydrogens (primary N) is 1. The standard InChI is InChI=1S/C7H15NO/c1-3-4-5-9-6-7(2)8/h3-4,7H,5-6,8H2,1-2H3/b4-3+. The lowest BCUT2D eigenvalue weighted by atomic mass is 10.4. The lowest BCUT2D eigenvalue weighted by Gasteiger charge is -2.02. The molecule has 2 nitrogen and oxygen atoms in total. The Kier molecular flexibility index (Phi) is 5.57. The van der Waals surface area contributed by atoms with E-state index in [1.165, 1.54) is 0 Å². The van der Waals surface area contributed by atoms with Crippen molar-refractivity contribution in [3.8, 4) is 0 Å². The van der Waals surface area contributed by atoms with Crippen LogP contribution in [0.15, 0.2) is 12.2 Å². The van der Waals surface area contributed by atoms with Gasteiger partial charge in [0.1, 0.15) is 0 Å². The number of hydrogen-bond acceptors (Lipinski definition) is 2. The molecule has 9 heavy (non-hydrogen) atoms. The largest absolute Gasteiger partial charge is 0.376 e. The van der Waals surface area contributed by atoms with Crippen LogP contribution in [-0.4, -0.2) is 19.3 Å². The summed E-state index contributed by atoms with van der Waals surface area (Å²) < 4.78 is 5.12. The highest BCUT2D eigenvalue weighted by Crippen LogP contribution is 1.80. The molecule has 0 aromatic carbocycles. The predicted octanol–water partition coefficient (Wildman–Crippen LogP) is 0.926. The van der Waals surface area contributed by atoms with Crippen LogP contribution >= 0.6 is 0 Å². The molecular formula is C7H15NO. The molecule has 0 spiro atoms. The van der Waals surface area contributed by atoms with Gasteiger partial charge in [-0.2, -0.15) is 0 Å². The highest BCUT2D eigenvalue weighted by molar-refractivity contribution is 4.75.